The zero-order valence-corrected chi connectivity index (χ0v) is 14.9. The number of ether oxygens (including phenoxy) is 1. The van der Waals surface area contributed by atoms with Gasteiger partial charge in [-0.05, 0) is 35.9 Å². The normalized spacial score (nSPS) is 10.8. The number of phenols is 1. The molecule has 0 aliphatic rings. The summed E-state index contributed by atoms with van der Waals surface area (Å²) in [6.45, 7) is 0. The average Bonchev–Trinajstić information content (AvgIpc) is 3.10. The van der Waals surface area contributed by atoms with Crippen molar-refractivity contribution in [3.8, 4) is 11.5 Å². The van der Waals surface area contributed by atoms with Crippen molar-refractivity contribution in [2.75, 3.05) is 0 Å². The lowest BCUT2D eigenvalue weighted by Crippen LogP contribution is -2.08. The van der Waals surface area contributed by atoms with E-state index in [9.17, 15) is 9.90 Å². The van der Waals surface area contributed by atoms with Gasteiger partial charge < -0.3 is 14.8 Å². The average molecular weight is 377 g/mol. The van der Waals surface area contributed by atoms with Crippen LogP contribution in [0.1, 0.15) is 15.9 Å². The maximum atomic E-state index is 12.2. The summed E-state index contributed by atoms with van der Waals surface area (Å²) in [7, 11) is 0. The van der Waals surface area contributed by atoms with Gasteiger partial charge in [0.2, 0.25) is 0 Å². The first-order valence-corrected chi connectivity index (χ1v) is 9.18. The molecule has 0 unspecified atom stereocenters. The second-order valence-corrected chi connectivity index (χ2v) is 6.78. The summed E-state index contributed by atoms with van der Waals surface area (Å²) in [5.74, 6) is 0.424. The number of aromatic nitrogens is 3. The first-order chi connectivity index (χ1) is 13.2. The minimum atomic E-state index is -0.468. The Kier molecular flexibility index (Phi) is 4.76. The lowest BCUT2D eigenvalue weighted by atomic mass is 10.2. The van der Waals surface area contributed by atoms with E-state index in [1.807, 2.05) is 12.1 Å². The van der Waals surface area contributed by atoms with Gasteiger partial charge in [-0.2, -0.15) is 0 Å². The number of nitrogens with one attached hydrogen (secondary N) is 1. The van der Waals surface area contributed by atoms with Gasteiger partial charge in [0.05, 0.1) is 22.8 Å². The van der Waals surface area contributed by atoms with Crippen LogP contribution in [-0.4, -0.2) is 26.0 Å². The number of aromatic hydroxyl groups is 1. The number of imidazole rings is 1. The number of H-pyrrole nitrogens is 1. The Balaban J connectivity index is 1.47. The highest BCUT2D eigenvalue weighted by Gasteiger charge is 2.10. The number of phenolic OH excluding ortho intramolecular Hbond substituents is 1. The number of aromatic amines is 1. The van der Waals surface area contributed by atoms with Gasteiger partial charge in [-0.15, -0.1) is 0 Å². The number of hydrogen-bond acceptors (Lipinski definition) is 6. The molecular weight excluding hydrogens is 362 g/mol. The van der Waals surface area contributed by atoms with E-state index in [0.717, 1.165) is 21.8 Å². The topological polar surface area (TPSA) is 88.1 Å². The third kappa shape index (κ3) is 4.09. The third-order valence-corrected chi connectivity index (χ3v) is 4.75. The number of benzene rings is 2. The van der Waals surface area contributed by atoms with Crippen molar-refractivity contribution in [1.82, 2.24) is 15.0 Å². The molecule has 2 aromatic heterocycles. The van der Waals surface area contributed by atoms with Gasteiger partial charge in [-0.3, -0.25) is 4.98 Å². The molecule has 0 spiro atoms. The molecule has 2 heterocycles. The fraction of sp³-hybridized carbons (Fsp3) is 0.0500. The molecule has 4 aromatic rings. The molecule has 0 saturated heterocycles. The highest BCUT2D eigenvalue weighted by Crippen LogP contribution is 2.28. The minimum absolute atomic E-state index is 0.0396. The number of nitrogens with zero attached hydrogens (tertiary/aromatic N) is 2. The van der Waals surface area contributed by atoms with Crippen LogP contribution in [0.5, 0.6) is 11.5 Å². The molecule has 0 fully saturated rings. The van der Waals surface area contributed by atoms with Gasteiger partial charge in [-0.25, -0.2) is 9.78 Å². The smallest absolute Gasteiger partial charge is 0.343 e. The monoisotopic (exact) mass is 377 g/mol. The first kappa shape index (κ1) is 17.1. The van der Waals surface area contributed by atoms with Crippen molar-refractivity contribution < 1.29 is 14.6 Å². The fourth-order valence-electron chi connectivity index (χ4n) is 2.58. The number of fused-ring (bicyclic) bond motifs is 1. The molecule has 7 heteroatoms. The summed E-state index contributed by atoms with van der Waals surface area (Å²) in [5, 5.41) is 10.7. The summed E-state index contributed by atoms with van der Waals surface area (Å²) in [6, 6.07) is 15.3. The van der Waals surface area contributed by atoms with Gasteiger partial charge in [0.1, 0.15) is 11.5 Å². The summed E-state index contributed by atoms with van der Waals surface area (Å²) in [6.07, 6.45) is 3.42. The Bertz CT molecular complexity index is 1060. The van der Waals surface area contributed by atoms with E-state index in [1.165, 1.54) is 17.8 Å². The zero-order chi connectivity index (χ0) is 18.6. The maximum absolute atomic E-state index is 12.2. The highest BCUT2D eigenvalue weighted by atomic mass is 32.2. The van der Waals surface area contributed by atoms with Crippen molar-refractivity contribution in [2.45, 2.75) is 10.9 Å². The van der Waals surface area contributed by atoms with Gasteiger partial charge in [0, 0.05) is 18.0 Å². The van der Waals surface area contributed by atoms with Crippen LogP contribution < -0.4 is 4.74 Å². The van der Waals surface area contributed by atoms with Crippen LogP contribution in [0, 0.1) is 0 Å². The molecule has 2 N–H and O–H groups in total. The van der Waals surface area contributed by atoms with E-state index in [0.29, 0.717) is 17.1 Å². The van der Waals surface area contributed by atoms with E-state index in [-0.39, 0.29) is 5.75 Å². The van der Waals surface area contributed by atoms with Crippen LogP contribution in [0.15, 0.2) is 72.1 Å². The van der Waals surface area contributed by atoms with E-state index in [4.69, 9.17) is 4.74 Å². The standard InChI is InChI=1S/C20H15N3O3S/c24-15-8-13(12-27-20-22-17-6-7-21-11-18(17)23-20)9-16(10-15)26-19(25)14-4-2-1-3-5-14/h1-11,24H,12H2,(H,22,23). The lowest BCUT2D eigenvalue weighted by molar-refractivity contribution is 0.0734. The van der Waals surface area contributed by atoms with E-state index < -0.39 is 5.97 Å². The predicted molar refractivity (Wildman–Crippen MR) is 103 cm³/mol. The SMILES string of the molecule is O=C(Oc1cc(O)cc(CSc2nc3ccncc3[nH]2)c1)c1ccccc1. The summed E-state index contributed by atoms with van der Waals surface area (Å²) < 4.78 is 5.38. The summed E-state index contributed by atoms with van der Waals surface area (Å²) >= 11 is 1.49. The number of rotatable bonds is 5. The van der Waals surface area contributed by atoms with Crippen LogP contribution in [0.3, 0.4) is 0 Å². The third-order valence-electron chi connectivity index (χ3n) is 3.81. The highest BCUT2D eigenvalue weighted by molar-refractivity contribution is 7.98. The van der Waals surface area contributed by atoms with Gasteiger partial charge in [-0.1, -0.05) is 30.0 Å². The van der Waals surface area contributed by atoms with Crippen LogP contribution in [0.25, 0.3) is 11.0 Å². The quantitative estimate of drug-likeness (QED) is 0.308. The molecule has 0 saturated carbocycles. The van der Waals surface area contributed by atoms with Crippen molar-refractivity contribution in [1.29, 1.82) is 0 Å². The van der Waals surface area contributed by atoms with Crippen molar-refractivity contribution in [3.05, 3.63) is 78.1 Å². The molecule has 27 heavy (non-hydrogen) atoms. The first-order valence-electron chi connectivity index (χ1n) is 8.20. The fourth-order valence-corrected chi connectivity index (χ4v) is 3.39. The summed E-state index contributed by atoms with van der Waals surface area (Å²) in [5.41, 5.74) is 2.98. The van der Waals surface area contributed by atoms with Crippen LogP contribution >= 0.6 is 11.8 Å². The number of thioether (sulfide) groups is 1. The molecule has 0 radical (unpaired) electrons. The molecule has 134 valence electrons. The lowest BCUT2D eigenvalue weighted by Gasteiger charge is -2.07. The molecular formula is C20H15N3O3S. The Morgan fingerprint density at radius 2 is 2.00 bits per heavy atom. The summed E-state index contributed by atoms with van der Waals surface area (Å²) in [4.78, 5) is 23.9. The van der Waals surface area contributed by atoms with E-state index in [2.05, 4.69) is 15.0 Å². The predicted octanol–water partition coefficient (Wildman–Crippen LogP) is 4.18. The van der Waals surface area contributed by atoms with E-state index >= 15 is 0 Å². The molecule has 6 nitrogen and oxygen atoms in total. The number of carbonyl (C=O) groups is 1. The Hall–Kier alpha value is -3.32. The molecule has 0 aliphatic heterocycles. The van der Waals surface area contributed by atoms with Crippen LogP contribution in [0.4, 0.5) is 0 Å². The molecule has 0 atom stereocenters. The number of hydrogen-bond donors (Lipinski definition) is 2. The molecule has 0 bridgehead atoms. The Labute approximate surface area is 159 Å². The number of carbonyl (C=O) groups excluding carboxylic acids is 1. The van der Waals surface area contributed by atoms with E-state index in [1.54, 1.807) is 48.8 Å². The van der Waals surface area contributed by atoms with Crippen molar-refractivity contribution in [3.63, 3.8) is 0 Å². The molecule has 0 aliphatic carbocycles. The number of pyridine rings is 1. The van der Waals surface area contributed by atoms with Gasteiger partial charge in [0.25, 0.3) is 0 Å². The van der Waals surface area contributed by atoms with Gasteiger partial charge in [0.15, 0.2) is 5.16 Å². The van der Waals surface area contributed by atoms with Crippen LogP contribution in [0.2, 0.25) is 0 Å². The Morgan fingerprint density at radius 3 is 2.81 bits per heavy atom. The zero-order valence-electron chi connectivity index (χ0n) is 14.1. The molecule has 2 aromatic carbocycles. The minimum Gasteiger partial charge on any atom is -0.508 e. The Morgan fingerprint density at radius 1 is 1.15 bits per heavy atom. The van der Waals surface area contributed by atoms with Crippen LogP contribution in [-0.2, 0) is 5.75 Å². The van der Waals surface area contributed by atoms with Gasteiger partial charge >= 0.3 is 5.97 Å². The van der Waals surface area contributed by atoms with Crippen molar-refractivity contribution in [2.24, 2.45) is 0 Å². The second-order valence-electron chi connectivity index (χ2n) is 5.81. The molecule has 0 amide bonds. The second kappa shape index (κ2) is 7.51. The maximum Gasteiger partial charge on any atom is 0.343 e. The molecule has 4 rings (SSSR count). The number of esters is 1. The largest absolute Gasteiger partial charge is 0.508 e. The van der Waals surface area contributed by atoms with Crippen molar-refractivity contribution >= 4 is 28.8 Å².